The first kappa shape index (κ1) is 15.4. The van der Waals surface area contributed by atoms with Crippen LogP contribution in [0.1, 0.15) is 24.1 Å². The van der Waals surface area contributed by atoms with E-state index in [0.29, 0.717) is 17.3 Å². The second kappa shape index (κ2) is 7.21. The second-order valence-corrected chi connectivity index (χ2v) is 5.77. The Morgan fingerprint density at radius 3 is 3.00 bits per heavy atom. The van der Waals surface area contributed by atoms with Crippen LogP contribution in [0.5, 0.6) is 0 Å². The van der Waals surface area contributed by atoms with Crippen LogP contribution in [0.15, 0.2) is 42.6 Å². The Balaban J connectivity index is 1.63. The zero-order valence-electron chi connectivity index (χ0n) is 12.9. The minimum atomic E-state index is -0.325. The number of hydrogen-bond donors (Lipinski definition) is 1. The monoisotopic (exact) mass is 310 g/mol. The lowest BCUT2D eigenvalue weighted by atomic mass is 10.0. The Bertz CT molecular complexity index is 696. The molecule has 0 bridgehead atoms. The van der Waals surface area contributed by atoms with Gasteiger partial charge < -0.3 is 10.2 Å². The molecule has 5 heteroatoms. The zero-order valence-corrected chi connectivity index (χ0v) is 12.9. The van der Waals surface area contributed by atoms with Crippen LogP contribution in [0.2, 0.25) is 0 Å². The van der Waals surface area contributed by atoms with E-state index in [-0.39, 0.29) is 5.82 Å². The molecule has 0 radical (unpaired) electrons. The molecular weight excluding hydrogens is 291 g/mol. The number of anilines is 1. The normalized spacial score (nSPS) is 17.7. The summed E-state index contributed by atoms with van der Waals surface area (Å²) in [6.07, 6.45) is 3.87. The molecule has 1 aliphatic heterocycles. The van der Waals surface area contributed by atoms with Gasteiger partial charge in [-0.1, -0.05) is 6.07 Å². The highest BCUT2D eigenvalue weighted by Crippen LogP contribution is 2.24. The summed E-state index contributed by atoms with van der Waals surface area (Å²) in [7, 11) is 0. The van der Waals surface area contributed by atoms with Crippen LogP contribution >= 0.6 is 0 Å². The Morgan fingerprint density at radius 2 is 2.26 bits per heavy atom. The van der Waals surface area contributed by atoms with E-state index in [1.54, 1.807) is 18.3 Å². The van der Waals surface area contributed by atoms with Crippen molar-refractivity contribution in [3.05, 3.63) is 59.7 Å². The molecule has 1 aromatic heterocycles. The van der Waals surface area contributed by atoms with Crippen LogP contribution < -0.4 is 10.2 Å². The highest BCUT2D eigenvalue weighted by atomic mass is 19.1. The number of rotatable bonds is 4. The molecule has 2 aromatic rings. The summed E-state index contributed by atoms with van der Waals surface area (Å²) in [6, 6.07) is 12.8. The fourth-order valence-corrected chi connectivity index (χ4v) is 2.95. The number of halogens is 1. The number of nitriles is 1. The summed E-state index contributed by atoms with van der Waals surface area (Å²) in [6.45, 7) is 2.31. The fraction of sp³-hybridized carbons (Fsp3) is 0.333. The Labute approximate surface area is 135 Å². The topological polar surface area (TPSA) is 52.0 Å². The minimum absolute atomic E-state index is 0.306. The molecule has 0 spiro atoms. The Hall–Kier alpha value is -2.45. The number of nitrogens with one attached hydrogen (secondary N) is 1. The summed E-state index contributed by atoms with van der Waals surface area (Å²) in [4.78, 5) is 6.36. The number of aromatic nitrogens is 1. The van der Waals surface area contributed by atoms with Crippen molar-refractivity contribution in [3.63, 3.8) is 0 Å². The predicted octanol–water partition coefficient (Wildman–Crippen LogP) is 2.85. The lowest BCUT2D eigenvalue weighted by molar-refractivity contribution is 0.416. The second-order valence-electron chi connectivity index (χ2n) is 5.77. The molecule has 0 unspecified atom stereocenters. The lowest BCUT2D eigenvalue weighted by Gasteiger charge is -2.35. The highest BCUT2D eigenvalue weighted by Gasteiger charge is 2.22. The average molecular weight is 310 g/mol. The van der Waals surface area contributed by atoms with E-state index in [4.69, 9.17) is 5.26 Å². The molecule has 0 saturated carbocycles. The highest BCUT2D eigenvalue weighted by molar-refractivity contribution is 5.51. The van der Waals surface area contributed by atoms with Gasteiger partial charge in [-0.05, 0) is 43.2 Å². The minimum Gasteiger partial charge on any atom is -0.368 e. The number of pyridine rings is 1. The first-order chi connectivity index (χ1) is 11.3. The number of nitrogens with zero attached hydrogens (tertiary/aromatic N) is 3. The van der Waals surface area contributed by atoms with Gasteiger partial charge in [0.1, 0.15) is 5.82 Å². The van der Waals surface area contributed by atoms with E-state index in [1.165, 1.54) is 6.07 Å². The van der Waals surface area contributed by atoms with Gasteiger partial charge in [-0.2, -0.15) is 5.26 Å². The summed E-state index contributed by atoms with van der Waals surface area (Å²) >= 11 is 0. The van der Waals surface area contributed by atoms with Crippen LogP contribution in [0.25, 0.3) is 0 Å². The fourth-order valence-electron chi connectivity index (χ4n) is 2.95. The van der Waals surface area contributed by atoms with Gasteiger partial charge in [-0.15, -0.1) is 0 Å². The molecular formula is C18H19FN4. The molecule has 1 fully saturated rings. The lowest BCUT2D eigenvalue weighted by Crippen LogP contribution is -2.45. The molecule has 1 aliphatic rings. The van der Waals surface area contributed by atoms with Gasteiger partial charge in [-0.3, -0.25) is 4.98 Å². The Morgan fingerprint density at radius 1 is 1.35 bits per heavy atom. The van der Waals surface area contributed by atoms with Crippen molar-refractivity contribution in [2.75, 3.05) is 18.0 Å². The molecule has 118 valence electrons. The third-order valence-electron chi connectivity index (χ3n) is 4.14. The van der Waals surface area contributed by atoms with Crippen molar-refractivity contribution in [1.29, 1.82) is 5.26 Å². The molecule has 1 atom stereocenters. The van der Waals surface area contributed by atoms with Gasteiger partial charge in [0.25, 0.3) is 0 Å². The summed E-state index contributed by atoms with van der Waals surface area (Å²) in [5.41, 5.74) is 1.94. The quantitative estimate of drug-likeness (QED) is 0.943. The van der Waals surface area contributed by atoms with Crippen molar-refractivity contribution in [2.45, 2.75) is 25.4 Å². The smallest absolute Gasteiger partial charge is 0.147 e. The molecule has 0 aliphatic carbocycles. The number of piperidine rings is 1. The van der Waals surface area contributed by atoms with Gasteiger partial charge in [0.15, 0.2) is 0 Å². The number of benzene rings is 1. The summed E-state index contributed by atoms with van der Waals surface area (Å²) < 4.78 is 14.2. The predicted molar refractivity (Wildman–Crippen MR) is 87.4 cm³/mol. The van der Waals surface area contributed by atoms with Crippen molar-refractivity contribution in [3.8, 4) is 6.07 Å². The third kappa shape index (κ3) is 3.85. The van der Waals surface area contributed by atoms with Gasteiger partial charge in [0, 0.05) is 31.9 Å². The van der Waals surface area contributed by atoms with E-state index in [9.17, 15) is 4.39 Å². The van der Waals surface area contributed by atoms with Gasteiger partial charge >= 0.3 is 0 Å². The van der Waals surface area contributed by atoms with Crippen molar-refractivity contribution >= 4 is 5.69 Å². The van der Waals surface area contributed by atoms with Crippen LogP contribution in [-0.4, -0.2) is 24.1 Å². The van der Waals surface area contributed by atoms with E-state index in [2.05, 4.69) is 15.2 Å². The van der Waals surface area contributed by atoms with Crippen LogP contribution in [0.3, 0.4) is 0 Å². The van der Waals surface area contributed by atoms with Gasteiger partial charge in [0.05, 0.1) is 23.0 Å². The molecule has 0 amide bonds. The van der Waals surface area contributed by atoms with Crippen molar-refractivity contribution < 1.29 is 4.39 Å². The first-order valence-electron chi connectivity index (χ1n) is 7.84. The van der Waals surface area contributed by atoms with Crippen molar-refractivity contribution in [2.24, 2.45) is 0 Å². The molecule has 1 saturated heterocycles. The molecule has 23 heavy (non-hydrogen) atoms. The van der Waals surface area contributed by atoms with E-state index in [1.807, 2.05) is 24.3 Å². The molecule has 1 aromatic carbocycles. The van der Waals surface area contributed by atoms with E-state index >= 15 is 0 Å². The largest absolute Gasteiger partial charge is 0.368 e. The standard InChI is InChI=1S/C18H19FN4/c19-17-10-14(11-20)6-7-18(17)23-9-3-5-16(13-23)22-12-15-4-1-2-8-21-15/h1-2,4,6-8,10,16,22H,3,5,9,12-13H2/t16-/m0/s1. The maximum atomic E-state index is 14.2. The average Bonchev–Trinajstić information content (AvgIpc) is 2.61. The molecule has 2 heterocycles. The zero-order chi connectivity index (χ0) is 16.1. The maximum absolute atomic E-state index is 14.2. The first-order valence-corrected chi connectivity index (χ1v) is 7.84. The third-order valence-corrected chi connectivity index (χ3v) is 4.14. The van der Waals surface area contributed by atoms with Crippen LogP contribution in [0, 0.1) is 17.1 Å². The van der Waals surface area contributed by atoms with E-state index in [0.717, 1.165) is 38.2 Å². The van der Waals surface area contributed by atoms with Crippen LogP contribution in [0.4, 0.5) is 10.1 Å². The SMILES string of the molecule is N#Cc1ccc(N2CCC[C@H](NCc3ccccn3)C2)c(F)c1. The Kier molecular flexibility index (Phi) is 4.84. The van der Waals surface area contributed by atoms with E-state index < -0.39 is 0 Å². The molecule has 4 nitrogen and oxygen atoms in total. The van der Waals surface area contributed by atoms with Gasteiger partial charge in [0.2, 0.25) is 0 Å². The van der Waals surface area contributed by atoms with Crippen LogP contribution in [-0.2, 0) is 6.54 Å². The maximum Gasteiger partial charge on any atom is 0.147 e. The van der Waals surface area contributed by atoms with Crippen molar-refractivity contribution in [1.82, 2.24) is 10.3 Å². The molecule has 3 rings (SSSR count). The molecule has 1 N–H and O–H groups in total. The number of hydrogen-bond acceptors (Lipinski definition) is 4. The summed E-state index contributed by atoms with van der Waals surface area (Å²) in [5, 5.41) is 12.3. The van der Waals surface area contributed by atoms with Gasteiger partial charge in [-0.25, -0.2) is 4.39 Å². The summed E-state index contributed by atoms with van der Waals surface area (Å²) in [5.74, 6) is -0.325.